The first-order valence-corrected chi connectivity index (χ1v) is 12.5. The molecule has 0 amide bonds. The lowest BCUT2D eigenvalue weighted by molar-refractivity contribution is 0.122. The van der Waals surface area contributed by atoms with Gasteiger partial charge in [-0.25, -0.2) is 9.37 Å². The van der Waals surface area contributed by atoms with Gasteiger partial charge in [0.25, 0.3) is 0 Å². The smallest absolute Gasteiger partial charge is 0.152 e. The number of pyridine rings is 2. The molecule has 1 N–H and O–H groups in total. The van der Waals surface area contributed by atoms with Gasteiger partial charge in [0.05, 0.1) is 23.9 Å². The summed E-state index contributed by atoms with van der Waals surface area (Å²) in [6, 6.07) is 10.9. The zero-order chi connectivity index (χ0) is 23.3. The summed E-state index contributed by atoms with van der Waals surface area (Å²) >= 11 is 6.60. The predicted octanol–water partition coefficient (Wildman–Crippen LogP) is 6.12. The maximum absolute atomic E-state index is 13.7. The molecule has 1 saturated heterocycles. The van der Waals surface area contributed by atoms with Crippen molar-refractivity contribution < 1.29 is 9.13 Å². The van der Waals surface area contributed by atoms with Crippen LogP contribution >= 0.6 is 11.6 Å². The van der Waals surface area contributed by atoms with E-state index in [4.69, 9.17) is 21.3 Å². The summed E-state index contributed by atoms with van der Waals surface area (Å²) in [5.41, 5.74) is 4.74. The van der Waals surface area contributed by atoms with E-state index in [1.54, 1.807) is 18.3 Å². The molecule has 1 saturated carbocycles. The maximum atomic E-state index is 13.7. The Labute approximate surface area is 205 Å². The second-order valence-corrected chi connectivity index (χ2v) is 9.60. The highest BCUT2D eigenvalue weighted by atomic mass is 35.5. The van der Waals surface area contributed by atoms with Gasteiger partial charge in [-0.2, -0.15) is 0 Å². The van der Waals surface area contributed by atoms with Crippen LogP contribution in [0.1, 0.15) is 36.9 Å². The van der Waals surface area contributed by atoms with Crippen molar-refractivity contribution in [2.24, 2.45) is 5.92 Å². The van der Waals surface area contributed by atoms with Crippen LogP contribution in [0.4, 0.5) is 15.9 Å². The highest BCUT2D eigenvalue weighted by molar-refractivity contribution is 6.33. The van der Waals surface area contributed by atoms with Gasteiger partial charge >= 0.3 is 0 Å². The molecule has 1 aromatic carbocycles. The summed E-state index contributed by atoms with van der Waals surface area (Å²) in [5, 5.41) is 4.10. The third-order valence-electron chi connectivity index (χ3n) is 6.74. The summed E-state index contributed by atoms with van der Waals surface area (Å²) in [5.74, 6) is 1.35. The van der Waals surface area contributed by atoms with Crippen molar-refractivity contribution >= 4 is 23.1 Å². The Balaban J connectivity index is 1.45. The van der Waals surface area contributed by atoms with E-state index in [9.17, 15) is 4.39 Å². The van der Waals surface area contributed by atoms with Gasteiger partial charge in [-0.1, -0.05) is 49.4 Å². The molecule has 3 aromatic rings. The highest BCUT2D eigenvalue weighted by Crippen LogP contribution is 2.35. The number of aromatic nitrogens is 2. The number of anilines is 2. The quantitative estimate of drug-likeness (QED) is 0.441. The number of morpholine rings is 1. The topological polar surface area (TPSA) is 50.3 Å². The van der Waals surface area contributed by atoms with E-state index in [0.29, 0.717) is 30.7 Å². The van der Waals surface area contributed by atoms with E-state index in [0.717, 1.165) is 53.4 Å². The minimum Gasteiger partial charge on any atom is -0.378 e. The SMILES string of the molecule is Fc1cccc(CNc2cc(-c3cc(CC4CCCC4)ncc3Cl)cnc2N2CCOCC2)c1. The predicted molar refractivity (Wildman–Crippen MR) is 135 cm³/mol. The summed E-state index contributed by atoms with van der Waals surface area (Å²) in [4.78, 5) is 11.7. The second kappa shape index (κ2) is 10.7. The number of hydrogen-bond donors (Lipinski definition) is 1. The molecule has 0 unspecified atom stereocenters. The van der Waals surface area contributed by atoms with E-state index >= 15 is 0 Å². The van der Waals surface area contributed by atoms with Gasteiger partial charge in [0.2, 0.25) is 0 Å². The van der Waals surface area contributed by atoms with Crippen LogP contribution in [0.2, 0.25) is 5.02 Å². The molecule has 0 atom stereocenters. The van der Waals surface area contributed by atoms with Gasteiger partial charge in [-0.3, -0.25) is 4.98 Å². The molecule has 0 radical (unpaired) electrons. The molecule has 5 rings (SSSR count). The van der Waals surface area contributed by atoms with Crippen molar-refractivity contribution in [1.29, 1.82) is 0 Å². The molecule has 1 aliphatic carbocycles. The van der Waals surface area contributed by atoms with Gasteiger partial charge in [0.1, 0.15) is 5.82 Å². The molecular formula is C27H30ClFN4O. The van der Waals surface area contributed by atoms with Crippen LogP contribution in [0.15, 0.2) is 48.8 Å². The van der Waals surface area contributed by atoms with Gasteiger partial charge in [-0.15, -0.1) is 0 Å². The molecule has 7 heteroatoms. The van der Waals surface area contributed by atoms with Crippen molar-refractivity contribution in [2.45, 2.75) is 38.6 Å². The molecule has 5 nitrogen and oxygen atoms in total. The van der Waals surface area contributed by atoms with Crippen LogP contribution in [0, 0.1) is 11.7 Å². The van der Waals surface area contributed by atoms with E-state index in [1.807, 2.05) is 12.3 Å². The molecule has 178 valence electrons. The molecule has 34 heavy (non-hydrogen) atoms. The van der Waals surface area contributed by atoms with Crippen LogP contribution in [0.5, 0.6) is 0 Å². The highest BCUT2D eigenvalue weighted by Gasteiger charge is 2.20. The summed E-state index contributed by atoms with van der Waals surface area (Å²) in [7, 11) is 0. The summed E-state index contributed by atoms with van der Waals surface area (Å²) < 4.78 is 19.2. The second-order valence-electron chi connectivity index (χ2n) is 9.19. The maximum Gasteiger partial charge on any atom is 0.152 e. The zero-order valence-electron chi connectivity index (χ0n) is 19.3. The molecule has 2 aromatic heterocycles. The average molecular weight is 481 g/mol. The third kappa shape index (κ3) is 5.50. The largest absolute Gasteiger partial charge is 0.378 e. The first-order valence-electron chi connectivity index (χ1n) is 12.1. The van der Waals surface area contributed by atoms with Gasteiger partial charge in [-0.05, 0) is 42.2 Å². The molecule has 0 spiro atoms. The Kier molecular flexibility index (Phi) is 7.26. The molecule has 2 fully saturated rings. The summed E-state index contributed by atoms with van der Waals surface area (Å²) in [6.07, 6.45) is 9.84. The van der Waals surface area contributed by atoms with Crippen LogP contribution in [0.3, 0.4) is 0 Å². The van der Waals surface area contributed by atoms with Crippen LogP contribution < -0.4 is 10.2 Å². The standard InChI is InChI=1S/C27H30ClFN4O/c28-25-18-30-23(13-19-4-1-2-5-19)15-24(25)21-14-26(31-16-20-6-3-7-22(29)12-20)27(32-17-21)33-8-10-34-11-9-33/h3,6-7,12,14-15,17-19,31H,1-2,4-5,8-11,13,16H2. The van der Waals surface area contributed by atoms with E-state index in [2.05, 4.69) is 27.3 Å². The number of nitrogens with one attached hydrogen (secondary N) is 1. The average Bonchev–Trinajstić information content (AvgIpc) is 3.37. The van der Waals surface area contributed by atoms with Gasteiger partial charge in [0.15, 0.2) is 5.82 Å². The lowest BCUT2D eigenvalue weighted by atomic mass is 9.99. The van der Waals surface area contributed by atoms with Crippen LogP contribution in [0.25, 0.3) is 11.1 Å². The fourth-order valence-electron chi connectivity index (χ4n) is 4.93. The molecular weight excluding hydrogens is 451 g/mol. The van der Waals surface area contributed by atoms with Crippen molar-refractivity contribution in [3.05, 3.63) is 70.9 Å². The minimum absolute atomic E-state index is 0.238. The van der Waals surface area contributed by atoms with E-state index in [1.165, 1.54) is 31.7 Å². The van der Waals surface area contributed by atoms with Crippen molar-refractivity contribution in [2.75, 3.05) is 36.5 Å². The molecule has 0 bridgehead atoms. The van der Waals surface area contributed by atoms with Gasteiger partial charge < -0.3 is 15.0 Å². The van der Waals surface area contributed by atoms with Crippen LogP contribution in [-0.2, 0) is 17.7 Å². The Morgan fingerprint density at radius 3 is 2.68 bits per heavy atom. The van der Waals surface area contributed by atoms with Gasteiger partial charge in [0, 0.05) is 48.8 Å². The van der Waals surface area contributed by atoms with Crippen LogP contribution in [-0.4, -0.2) is 36.3 Å². The first kappa shape index (κ1) is 23.1. The molecule has 3 heterocycles. The molecule has 2 aliphatic rings. The first-order chi connectivity index (χ1) is 16.7. The minimum atomic E-state index is -0.238. The molecule has 1 aliphatic heterocycles. The lowest BCUT2D eigenvalue weighted by Crippen LogP contribution is -2.37. The normalized spacial score (nSPS) is 16.7. The van der Waals surface area contributed by atoms with Crippen molar-refractivity contribution in [3.63, 3.8) is 0 Å². The number of halogens is 2. The fraction of sp³-hybridized carbons (Fsp3) is 0.407. The van der Waals surface area contributed by atoms with E-state index in [-0.39, 0.29) is 5.82 Å². The zero-order valence-corrected chi connectivity index (χ0v) is 20.0. The van der Waals surface area contributed by atoms with Crippen molar-refractivity contribution in [1.82, 2.24) is 9.97 Å². The lowest BCUT2D eigenvalue weighted by Gasteiger charge is -2.30. The van der Waals surface area contributed by atoms with E-state index < -0.39 is 0 Å². The number of hydrogen-bond acceptors (Lipinski definition) is 5. The Bertz CT molecular complexity index is 1130. The monoisotopic (exact) mass is 480 g/mol. The third-order valence-corrected chi connectivity index (χ3v) is 7.05. The Morgan fingerprint density at radius 2 is 1.88 bits per heavy atom. The Hall–Kier alpha value is -2.70. The fourth-order valence-corrected chi connectivity index (χ4v) is 5.14. The number of rotatable bonds is 7. The number of benzene rings is 1. The van der Waals surface area contributed by atoms with Crippen molar-refractivity contribution in [3.8, 4) is 11.1 Å². The Morgan fingerprint density at radius 1 is 1.06 bits per heavy atom. The number of ether oxygens (including phenoxy) is 1. The summed E-state index contributed by atoms with van der Waals surface area (Å²) in [6.45, 7) is 3.41. The number of nitrogens with zero attached hydrogens (tertiary/aromatic N) is 3.